The van der Waals surface area contributed by atoms with E-state index in [0.29, 0.717) is 19.0 Å². The summed E-state index contributed by atoms with van der Waals surface area (Å²) in [6.07, 6.45) is 8.46. The lowest BCUT2D eigenvalue weighted by Crippen LogP contribution is -2.44. The van der Waals surface area contributed by atoms with Crippen molar-refractivity contribution < 1.29 is 14.6 Å². The fourth-order valence-electron chi connectivity index (χ4n) is 3.81. The first kappa shape index (κ1) is 23.2. The van der Waals surface area contributed by atoms with E-state index in [2.05, 4.69) is 20.6 Å². The van der Waals surface area contributed by atoms with E-state index in [-0.39, 0.29) is 42.1 Å². The van der Waals surface area contributed by atoms with Gasteiger partial charge in [0.1, 0.15) is 6.10 Å². The lowest BCUT2D eigenvalue weighted by atomic mass is 9.84. The van der Waals surface area contributed by atoms with Gasteiger partial charge in [-0.15, -0.1) is 24.0 Å². The molecular formula is C20H33IN4O3. The Bertz CT molecular complexity index is 617. The molecule has 3 rings (SSSR count). The van der Waals surface area contributed by atoms with E-state index >= 15 is 0 Å². The molecule has 0 radical (unpaired) electrons. The number of nitrogens with one attached hydrogen (secondary N) is 2. The fraction of sp³-hybridized carbons (Fsp3) is 0.700. The molecule has 0 amide bonds. The normalized spacial score (nSPS) is 22.7. The number of aliphatic hydroxyl groups excluding tert-OH is 1. The number of guanidine groups is 1. The van der Waals surface area contributed by atoms with Crippen LogP contribution in [0.15, 0.2) is 23.3 Å². The van der Waals surface area contributed by atoms with Crippen molar-refractivity contribution in [1.82, 2.24) is 15.6 Å². The van der Waals surface area contributed by atoms with E-state index < -0.39 is 0 Å². The highest BCUT2D eigenvalue weighted by atomic mass is 127. The Labute approximate surface area is 184 Å². The van der Waals surface area contributed by atoms with E-state index in [1.165, 1.54) is 12.8 Å². The van der Waals surface area contributed by atoms with Gasteiger partial charge in [-0.3, -0.25) is 4.99 Å². The highest BCUT2D eigenvalue weighted by Gasteiger charge is 2.34. The first-order valence-corrected chi connectivity index (χ1v) is 9.98. The van der Waals surface area contributed by atoms with Crippen molar-refractivity contribution in [3.8, 4) is 5.88 Å². The minimum Gasteiger partial charge on any atom is -0.474 e. The molecule has 1 aromatic rings. The molecule has 2 heterocycles. The maximum atomic E-state index is 9.36. The molecule has 7 nitrogen and oxygen atoms in total. The molecule has 158 valence electrons. The largest absolute Gasteiger partial charge is 0.474 e. The second-order valence-corrected chi connectivity index (χ2v) is 7.55. The second-order valence-electron chi connectivity index (χ2n) is 7.55. The predicted molar refractivity (Wildman–Crippen MR) is 120 cm³/mol. The van der Waals surface area contributed by atoms with Gasteiger partial charge >= 0.3 is 0 Å². The number of pyridine rings is 1. The van der Waals surface area contributed by atoms with E-state index in [4.69, 9.17) is 9.47 Å². The van der Waals surface area contributed by atoms with Crippen molar-refractivity contribution >= 4 is 29.9 Å². The molecule has 1 saturated heterocycles. The van der Waals surface area contributed by atoms with Crippen LogP contribution in [-0.4, -0.2) is 55.6 Å². The highest BCUT2D eigenvalue weighted by molar-refractivity contribution is 14.0. The van der Waals surface area contributed by atoms with Gasteiger partial charge in [0.15, 0.2) is 5.96 Å². The number of halogens is 1. The number of ether oxygens (including phenoxy) is 2. The SMILES string of the molecule is CN=C(NCc1cccnc1OC1CCCC1)NCC1(CCO)CCOC1.I. The molecule has 1 aromatic heterocycles. The molecule has 0 aromatic carbocycles. The van der Waals surface area contributed by atoms with Crippen LogP contribution in [0.3, 0.4) is 0 Å². The molecule has 8 heteroatoms. The van der Waals surface area contributed by atoms with Crippen molar-refractivity contribution in [2.75, 3.05) is 33.4 Å². The van der Waals surface area contributed by atoms with E-state index in [1.54, 1.807) is 13.2 Å². The molecule has 2 aliphatic rings. The maximum Gasteiger partial charge on any atom is 0.218 e. The van der Waals surface area contributed by atoms with Gasteiger partial charge in [0.2, 0.25) is 5.88 Å². The standard InChI is InChI=1S/C20H32N4O3.HI/c1-21-19(24-14-20(8-11-25)9-12-26-15-20)23-13-16-5-4-10-22-18(16)27-17-6-2-3-7-17;/h4-5,10,17,25H,2-3,6-9,11-15H2,1H3,(H2,21,23,24);1H. The average molecular weight is 504 g/mol. The fourth-order valence-corrected chi connectivity index (χ4v) is 3.81. The van der Waals surface area contributed by atoms with Crippen LogP contribution in [0.5, 0.6) is 5.88 Å². The Morgan fingerprint density at radius 1 is 1.39 bits per heavy atom. The zero-order valence-corrected chi connectivity index (χ0v) is 19.0. The molecule has 1 aliphatic carbocycles. The van der Waals surface area contributed by atoms with Crippen LogP contribution in [0.2, 0.25) is 0 Å². The second kappa shape index (κ2) is 11.8. The van der Waals surface area contributed by atoms with Crippen LogP contribution in [0.25, 0.3) is 0 Å². The number of hydrogen-bond donors (Lipinski definition) is 3. The molecule has 0 bridgehead atoms. The van der Waals surface area contributed by atoms with Crippen molar-refractivity contribution in [3.05, 3.63) is 23.9 Å². The quantitative estimate of drug-likeness (QED) is 0.287. The molecule has 0 spiro atoms. The number of rotatable bonds is 8. The average Bonchev–Trinajstić information content (AvgIpc) is 3.36. The Kier molecular flexibility index (Phi) is 9.73. The van der Waals surface area contributed by atoms with Crippen molar-refractivity contribution in [1.29, 1.82) is 0 Å². The van der Waals surface area contributed by atoms with Crippen LogP contribution in [0.1, 0.15) is 44.1 Å². The first-order valence-electron chi connectivity index (χ1n) is 9.98. The zero-order chi connectivity index (χ0) is 19.0. The molecule has 1 saturated carbocycles. The van der Waals surface area contributed by atoms with Crippen LogP contribution in [0, 0.1) is 5.41 Å². The summed E-state index contributed by atoms with van der Waals surface area (Å²) in [6, 6.07) is 3.97. The van der Waals surface area contributed by atoms with Crippen LogP contribution < -0.4 is 15.4 Å². The highest BCUT2D eigenvalue weighted by Crippen LogP contribution is 2.31. The summed E-state index contributed by atoms with van der Waals surface area (Å²) in [4.78, 5) is 8.74. The third kappa shape index (κ3) is 6.45. The lowest BCUT2D eigenvalue weighted by molar-refractivity contribution is 0.127. The topological polar surface area (TPSA) is 88.0 Å². The Balaban J connectivity index is 0.00000280. The monoisotopic (exact) mass is 504 g/mol. The number of hydrogen-bond acceptors (Lipinski definition) is 5. The van der Waals surface area contributed by atoms with Gasteiger partial charge < -0.3 is 25.2 Å². The molecule has 28 heavy (non-hydrogen) atoms. The molecule has 2 fully saturated rings. The Hall–Kier alpha value is -1.13. The predicted octanol–water partition coefficient (Wildman–Crippen LogP) is 2.48. The number of aliphatic hydroxyl groups is 1. The molecular weight excluding hydrogens is 471 g/mol. The lowest BCUT2D eigenvalue weighted by Gasteiger charge is -2.27. The molecule has 1 atom stereocenters. The maximum absolute atomic E-state index is 9.36. The third-order valence-electron chi connectivity index (χ3n) is 5.56. The third-order valence-corrected chi connectivity index (χ3v) is 5.56. The van der Waals surface area contributed by atoms with E-state index in [9.17, 15) is 5.11 Å². The Morgan fingerprint density at radius 3 is 2.89 bits per heavy atom. The van der Waals surface area contributed by atoms with Gasteiger partial charge in [0, 0.05) is 50.5 Å². The first-order chi connectivity index (χ1) is 13.2. The van der Waals surface area contributed by atoms with Crippen LogP contribution in [0.4, 0.5) is 0 Å². The van der Waals surface area contributed by atoms with Gasteiger partial charge in [0.25, 0.3) is 0 Å². The smallest absolute Gasteiger partial charge is 0.218 e. The number of aliphatic imine (C=N–C) groups is 1. The summed E-state index contributed by atoms with van der Waals surface area (Å²) in [5.41, 5.74) is 1.01. The van der Waals surface area contributed by atoms with Gasteiger partial charge in [-0.2, -0.15) is 0 Å². The summed E-state index contributed by atoms with van der Waals surface area (Å²) in [6.45, 7) is 2.93. The van der Waals surface area contributed by atoms with E-state index in [1.807, 2.05) is 12.1 Å². The summed E-state index contributed by atoms with van der Waals surface area (Å²) in [5.74, 6) is 1.45. The molecule has 3 N–H and O–H groups in total. The van der Waals surface area contributed by atoms with Crippen molar-refractivity contribution in [3.63, 3.8) is 0 Å². The molecule has 1 unspecified atom stereocenters. The summed E-state index contributed by atoms with van der Waals surface area (Å²) in [7, 11) is 1.76. The van der Waals surface area contributed by atoms with Gasteiger partial charge in [-0.05, 0) is 44.6 Å². The van der Waals surface area contributed by atoms with Gasteiger partial charge in [0.05, 0.1) is 6.61 Å². The number of nitrogens with zero attached hydrogens (tertiary/aromatic N) is 2. The summed E-state index contributed by atoms with van der Waals surface area (Å²) < 4.78 is 11.7. The van der Waals surface area contributed by atoms with Crippen LogP contribution in [-0.2, 0) is 11.3 Å². The zero-order valence-electron chi connectivity index (χ0n) is 16.7. The van der Waals surface area contributed by atoms with Crippen molar-refractivity contribution in [2.45, 2.75) is 51.2 Å². The Morgan fingerprint density at radius 2 is 2.21 bits per heavy atom. The number of aromatic nitrogens is 1. The van der Waals surface area contributed by atoms with E-state index in [0.717, 1.165) is 50.4 Å². The molecule has 1 aliphatic heterocycles. The van der Waals surface area contributed by atoms with Crippen molar-refractivity contribution in [2.24, 2.45) is 10.4 Å². The minimum atomic E-state index is -0.0165. The van der Waals surface area contributed by atoms with Gasteiger partial charge in [-0.1, -0.05) is 6.07 Å². The van der Waals surface area contributed by atoms with Gasteiger partial charge in [-0.25, -0.2) is 4.98 Å². The van der Waals surface area contributed by atoms with Crippen LogP contribution >= 0.6 is 24.0 Å². The summed E-state index contributed by atoms with van der Waals surface area (Å²) in [5, 5.41) is 16.1. The summed E-state index contributed by atoms with van der Waals surface area (Å²) >= 11 is 0. The minimum absolute atomic E-state index is 0.